The summed E-state index contributed by atoms with van der Waals surface area (Å²) in [6.07, 6.45) is 2.95. The van der Waals surface area contributed by atoms with E-state index in [1.165, 1.54) is 11.0 Å². The quantitative estimate of drug-likeness (QED) is 0.679. The van der Waals surface area contributed by atoms with Crippen molar-refractivity contribution in [2.24, 2.45) is 0 Å². The highest BCUT2D eigenvalue weighted by Crippen LogP contribution is 2.26. The van der Waals surface area contributed by atoms with Crippen LogP contribution in [-0.4, -0.2) is 62.0 Å². The zero-order chi connectivity index (χ0) is 22.4. The molecule has 1 fully saturated rings. The van der Waals surface area contributed by atoms with Gasteiger partial charge in [0.05, 0.1) is 12.8 Å². The first-order chi connectivity index (χ1) is 14.9. The van der Waals surface area contributed by atoms with Crippen LogP contribution >= 0.6 is 0 Å². The summed E-state index contributed by atoms with van der Waals surface area (Å²) in [5.74, 6) is 0.0806. The molecule has 1 aliphatic heterocycles. The molecular weight excluding hydrogens is 399 g/mol. The lowest BCUT2D eigenvalue weighted by Crippen LogP contribution is -2.48. The molecule has 0 radical (unpaired) electrons. The van der Waals surface area contributed by atoms with Crippen LogP contribution in [-0.2, 0) is 16.0 Å². The average Bonchev–Trinajstić information content (AvgIpc) is 2.81. The third kappa shape index (κ3) is 5.31. The monoisotopic (exact) mass is 428 g/mol. The van der Waals surface area contributed by atoms with Gasteiger partial charge in [-0.2, -0.15) is 0 Å². The van der Waals surface area contributed by atoms with E-state index in [4.69, 9.17) is 4.74 Å². The highest BCUT2D eigenvalue weighted by atomic mass is 19.1. The van der Waals surface area contributed by atoms with Gasteiger partial charge in [-0.15, -0.1) is 0 Å². The molecule has 2 heterocycles. The molecular formula is C23H29FN4O3. The first-order valence-electron chi connectivity index (χ1n) is 10.5. The van der Waals surface area contributed by atoms with Gasteiger partial charge in [-0.3, -0.25) is 9.59 Å². The fraction of sp³-hybridized carbons (Fsp3) is 0.435. The van der Waals surface area contributed by atoms with Crippen LogP contribution in [0.1, 0.15) is 25.3 Å². The summed E-state index contributed by atoms with van der Waals surface area (Å²) in [5.41, 5.74) is 1.94. The number of benzene rings is 1. The Balaban J connectivity index is 1.55. The molecule has 0 saturated carbocycles. The number of piperazine rings is 1. The van der Waals surface area contributed by atoms with Gasteiger partial charge in [0.2, 0.25) is 17.7 Å². The Labute approximate surface area is 182 Å². The smallest absolute Gasteiger partial charge is 0.226 e. The maximum Gasteiger partial charge on any atom is 0.226 e. The van der Waals surface area contributed by atoms with Gasteiger partial charge in [-0.25, -0.2) is 9.37 Å². The van der Waals surface area contributed by atoms with Gasteiger partial charge in [-0.1, -0.05) is 13.0 Å². The van der Waals surface area contributed by atoms with E-state index >= 15 is 0 Å². The number of hydrogen-bond donors (Lipinski definition) is 0. The number of carbonyl (C=O) groups is 2. The molecule has 0 atom stereocenters. The van der Waals surface area contributed by atoms with Gasteiger partial charge in [-0.05, 0) is 30.7 Å². The molecule has 0 bridgehead atoms. The molecule has 2 amide bonds. The van der Waals surface area contributed by atoms with Crippen LogP contribution in [0.5, 0.6) is 5.88 Å². The van der Waals surface area contributed by atoms with Crippen LogP contribution in [0.3, 0.4) is 0 Å². The Morgan fingerprint density at radius 3 is 2.58 bits per heavy atom. The number of aromatic nitrogens is 1. The second-order valence-corrected chi connectivity index (χ2v) is 7.48. The third-order valence-corrected chi connectivity index (χ3v) is 5.62. The number of nitrogens with zero attached hydrogens (tertiary/aromatic N) is 4. The number of carbonyl (C=O) groups excluding carboxylic acids is 2. The van der Waals surface area contributed by atoms with Crippen molar-refractivity contribution in [3.05, 3.63) is 47.9 Å². The largest absolute Gasteiger partial charge is 0.481 e. The molecule has 0 aliphatic carbocycles. The summed E-state index contributed by atoms with van der Waals surface area (Å²) in [6.45, 7) is 4.18. The molecule has 1 saturated heterocycles. The van der Waals surface area contributed by atoms with E-state index in [9.17, 15) is 14.0 Å². The van der Waals surface area contributed by atoms with Crippen LogP contribution in [0.15, 0.2) is 36.5 Å². The molecule has 2 aromatic rings. The van der Waals surface area contributed by atoms with Crippen molar-refractivity contribution >= 4 is 23.2 Å². The van der Waals surface area contributed by atoms with Gasteiger partial charge in [0.1, 0.15) is 5.82 Å². The van der Waals surface area contributed by atoms with Gasteiger partial charge in [0.25, 0.3) is 0 Å². The fourth-order valence-corrected chi connectivity index (χ4v) is 3.75. The first-order valence-corrected chi connectivity index (χ1v) is 10.5. The number of hydrogen-bond acceptors (Lipinski definition) is 5. The Bertz CT molecular complexity index is 929. The van der Waals surface area contributed by atoms with Crippen LogP contribution in [0.25, 0.3) is 0 Å². The van der Waals surface area contributed by atoms with E-state index < -0.39 is 5.82 Å². The highest BCUT2D eigenvalue weighted by molar-refractivity contribution is 5.92. The van der Waals surface area contributed by atoms with Gasteiger partial charge in [0, 0.05) is 63.5 Å². The Hall–Kier alpha value is -3.16. The van der Waals surface area contributed by atoms with E-state index in [1.807, 2.05) is 23.1 Å². The maximum atomic E-state index is 14.6. The summed E-state index contributed by atoms with van der Waals surface area (Å²) >= 11 is 0. The summed E-state index contributed by atoms with van der Waals surface area (Å²) < 4.78 is 19.8. The minimum atomic E-state index is -0.425. The number of pyridine rings is 1. The number of aryl methyl sites for hydroxylation is 1. The lowest BCUT2D eigenvalue weighted by molar-refractivity contribution is -0.131. The summed E-state index contributed by atoms with van der Waals surface area (Å²) in [6, 6.07) is 8.67. The molecule has 1 aliphatic rings. The molecule has 31 heavy (non-hydrogen) atoms. The molecule has 7 nitrogen and oxygen atoms in total. The number of halogens is 1. The molecule has 166 valence electrons. The zero-order valence-corrected chi connectivity index (χ0v) is 18.3. The summed E-state index contributed by atoms with van der Waals surface area (Å²) in [4.78, 5) is 33.9. The lowest BCUT2D eigenvalue weighted by atomic mass is 10.1. The van der Waals surface area contributed by atoms with E-state index in [-0.39, 0.29) is 17.5 Å². The van der Waals surface area contributed by atoms with Crippen molar-refractivity contribution in [2.75, 3.05) is 50.1 Å². The van der Waals surface area contributed by atoms with Crippen LogP contribution in [0.4, 0.5) is 15.8 Å². The second-order valence-electron chi connectivity index (χ2n) is 7.48. The summed E-state index contributed by atoms with van der Waals surface area (Å²) in [5, 5.41) is 0. The van der Waals surface area contributed by atoms with Gasteiger partial charge < -0.3 is 19.4 Å². The number of amides is 2. The number of ether oxygens (including phenoxy) is 1. The predicted octanol–water partition coefficient (Wildman–Crippen LogP) is 2.88. The molecule has 0 spiro atoms. The standard InChI is InChI=1S/C23H29FN4O3/c1-4-21(29)26(2)20-9-8-18(16-19(20)24)27-12-14-28(15-13-27)22(30)10-7-17-6-5-11-25-23(17)31-3/h5-6,8-9,11,16H,4,7,10,12-15H2,1-3H3. The van der Waals surface area contributed by atoms with E-state index in [2.05, 4.69) is 9.88 Å². The average molecular weight is 429 g/mol. The van der Waals surface area contributed by atoms with Crippen LogP contribution in [0, 0.1) is 5.82 Å². The van der Waals surface area contributed by atoms with E-state index in [0.717, 1.165) is 11.3 Å². The minimum absolute atomic E-state index is 0.0896. The van der Waals surface area contributed by atoms with Gasteiger partial charge in [0.15, 0.2) is 0 Å². The van der Waals surface area contributed by atoms with Crippen molar-refractivity contribution in [3.63, 3.8) is 0 Å². The van der Waals surface area contributed by atoms with Crippen LogP contribution < -0.4 is 14.5 Å². The van der Waals surface area contributed by atoms with Crippen molar-refractivity contribution in [1.29, 1.82) is 0 Å². The first kappa shape index (κ1) is 22.5. The van der Waals surface area contributed by atoms with E-state index in [1.54, 1.807) is 33.3 Å². The molecule has 1 aromatic heterocycles. The number of methoxy groups -OCH3 is 1. The van der Waals surface area contributed by atoms with Crippen molar-refractivity contribution in [1.82, 2.24) is 9.88 Å². The Morgan fingerprint density at radius 2 is 1.94 bits per heavy atom. The predicted molar refractivity (Wildman–Crippen MR) is 118 cm³/mol. The topological polar surface area (TPSA) is 66.0 Å². The second kappa shape index (κ2) is 10.2. The number of rotatable bonds is 7. The minimum Gasteiger partial charge on any atom is -0.481 e. The van der Waals surface area contributed by atoms with Crippen molar-refractivity contribution < 1.29 is 18.7 Å². The summed E-state index contributed by atoms with van der Waals surface area (Å²) in [7, 11) is 3.15. The van der Waals surface area contributed by atoms with Crippen molar-refractivity contribution in [2.45, 2.75) is 26.2 Å². The molecule has 3 rings (SSSR count). The third-order valence-electron chi connectivity index (χ3n) is 5.62. The zero-order valence-electron chi connectivity index (χ0n) is 18.3. The molecule has 8 heteroatoms. The van der Waals surface area contributed by atoms with Gasteiger partial charge >= 0.3 is 0 Å². The molecule has 0 unspecified atom stereocenters. The maximum absolute atomic E-state index is 14.6. The number of anilines is 2. The van der Waals surface area contributed by atoms with Crippen molar-refractivity contribution in [3.8, 4) is 5.88 Å². The SMILES string of the molecule is CCC(=O)N(C)c1ccc(N2CCN(C(=O)CCc3cccnc3OC)CC2)cc1F. The normalized spacial score (nSPS) is 13.8. The lowest BCUT2D eigenvalue weighted by Gasteiger charge is -2.36. The fourth-order valence-electron chi connectivity index (χ4n) is 3.75. The Morgan fingerprint density at radius 1 is 1.19 bits per heavy atom. The van der Waals surface area contributed by atoms with E-state index in [0.29, 0.717) is 51.3 Å². The molecule has 1 aromatic carbocycles. The Kier molecular flexibility index (Phi) is 7.44. The highest BCUT2D eigenvalue weighted by Gasteiger charge is 2.23. The van der Waals surface area contributed by atoms with Crippen LogP contribution in [0.2, 0.25) is 0 Å². The molecule has 0 N–H and O–H groups in total.